The van der Waals surface area contributed by atoms with Gasteiger partial charge in [-0.2, -0.15) is 0 Å². The third-order valence-electron chi connectivity index (χ3n) is 2.73. The van der Waals surface area contributed by atoms with Crippen molar-refractivity contribution < 1.29 is 23.9 Å². The Morgan fingerprint density at radius 2 is 1.74 bits per heavy atom. The van der Waals surface area contributed by atoms with E-state index in [0.717, 1.165) is 0 Å². The second-order valence-corrected chi connectivity index (χ2v) is 5.23. The number of benzene rings is 1. The van der Waals surface area contributed by atoms with Crippen molar-refractivity contribution in [1.29, 1.82) is 0 Å². The van der Waals surface area contributed by atoms with Crippen molar-refractivity contribution in [2.45, 2.75) is 26.3 Å². The van der Waals surface area contributed by atoms with Crippen molar-refractivity contribution in [3.05, 3.63) is 33.8 Å². The summed E-state index contributed by atoms with van der Waals surface area (Å²) >= 11 is 11.6. The van der Waals surface area contributed by atoms with Crippen molar-refractivity contribution in [3.63, 3.8) is 0 Å². The zero-order chi connectivity index (χ0) is 17.4. The molecule has 0 aromatic heterocycles. The summed E-state index contributed by atoms with van der Waals surface area (Å²) in [6.45, 7) is 3.57. The van der Waals surface area contributed by atoms with Crippen molar-refractivity contribution in [2.75, 3.05) is 13.2 Å². The van der Waals surface area contributed by atoms with Crippen LogP contribution in [0.15, 0.2) is 18.2 Å². The van der Waals surface area contributed by atoms with Gasteiger partial charge in [0.1, 0.15) is 6.04 Å². The molecule has 0 spiro atoms. The Bertz CT molecular complexity index is 591. The number of nitrogens with one attached hydrogen (secondary N) is 1. The molecule has 8 heteroatoms. The fraction of sp³-hybridized carbons (Fsp3) is 0.400. The number of carbonyl (C=O) groups is 3. The number of esters is 2. The van der Waals surface area contributed by atoms with E-state index in [-0.39, 0.29) is 30.2 Å². The van der Waals surface area contributed by atoms with Crippen LogP contribution in [0.4, 0.5) is 0 Å². The van der Waals surface area contributed by atoms with Gasteiger partial charge in [-0.3, -0.25) is 9.59 Å². The summed E-state index contributed by atoms with van der Waals surface area (Å²) in [4.78, 5) is 35.6. The Hall–Kier alpha value is -1.79. The lowest BCUT2D eigenvalue weighted by molar-refractivity contribution is -0.152. The predicted molar refractivity (Wildman–Crippen MR) is 85.6 cm³/mol. The Morgan fingerprint density at radius 1 is 1.09 bits per heavy atom. The number of halogens is 2. The summed E-state index contributed by atoms with van der Waals surface area (Å²) in [6.07, 6.45) is -0.320. The average molecular weight is 362 g/mol. The number of carbonyl (C=O) groups excluding carboxylic acids is 3. The Labute approximate surface area is 144 Å². The van der Waals surface area contributed by atoms with Crippen LogP contribution in [0.1, 0.15) is 30.6 Å². The van der Waals surface area contributed by atoms with Crippen molar-refractivity contribution in [2.24, 2.45) is 0 Å². The van der Waals surface area contributed by atoms with Crippen LogP contribution in [0.2, 0.25) is 10.0 Å². The maximum Gasteiger partial charge on any atom is 0.329 e. The second kappa shape index (κ2) is 9.37. The second-order valence-electron chi connectivity index (χ2n) is 4.42. The molecule has 0 heterocycles. The lowest BCUT2D eigenvalue weighted by atomic mass is 10.1. The molecule has 0 radical (unpaired) electrons. The highest BCUT2D eigenvalue weighted by molar-refractivity contribution is 6.42. The average Bonchev–Trinajstić information content (AvgIpc) is 2.49. The first-order valence-electron chi connectivity index (χ1n) is 6.97. The minimum Gasteiger partial charge on any atom is -0.466 e. The summed E-state index contributed by atoms with van der Waals surface area (Å²) in [7, 11) is 0. The quantitative estimate of drug-likeness (QED) is 0.754. The van der Waals surface area contributed by atoms with E-state index in [4.69, 9.17) is 32.7 Å². The Morgan fingerprint density at radius 3 is 2.30 bits per heavy atom. The van der Waals surface area contributed by atoms with Crippen LogP contribution in [0.3, 0.4) is 0 Å². The van der Waals surface area contributed by atoms with Crippen molar-refractivity contribution in [3.8, 4) is 0 Å². The molecule has 0 fully saturated rings. The van der Waals surface area contributed by atoms with Gasteiger partial charge in [-0.15, -0.1) is 0 Å². The fourth-order valence-corrected chi connectivity index (χ4v) is 2.00. The van der Waals surface area contributed by atoms with E-state index in [9.17, 15) is 14.4 Å². The van der Waals surface area contributed by atoms with Gasteiger partial charge >= 0.3 is 11.9 Å². The third kappa shape index (κ3) is 6.08. The summed E-state index contributed by atoms with van der Waals surface area (Å²) < 4.78 is 9.64. The zero-order valence-corrected chi connectivity index (χ0v) is 14.2. The van der Waals surface area contributed by atoms with E-state index in [2.05, 4.69) is 5.32 Å². The maximum atomic E-state index is 12.2. The van der Waals surface area contributed by atoms with Gasteiger partial charge in [0, 0.05) is 5.56 Å². The van der Waals surface area contributed by atoms with Crippen LogP contribution in [0.5, 0.6) is 0 Å². The van der Waals surface area contributed by atoms with Gasteiger partial charge < -0.3 is 14.8 Å². The molecular formula is C15H17Cl2NO5. The van der Waals surface area contributed by atoms with E-state index >= 15 is 0 Å². The summed E-state index contributed by atoms with van der Waals surface area (Å²) in [6, 6.07) is 3.14. The molecular weight excluding hydrogens is 345 g/mol. The summed E-state index contributed by atoms with van der Waals surface area (Å²) in [5.74, 6) is -1.90. The number of hydrogen-bond donors (Lipinski definition) is 1. The minimum absolute atomic E-state index is 0.126. The van der Waals surface area contributed by atoms with Gasteiger partial charge in [0.25, 0.3) is 5.91 Å². The number of amides is 1. The first kappa shape index (κ1) is 19.3. The maximum absolute atomic E-state index is 12.2. The summed E-state index contributed by atoms with van der Waals surface area (Å²) in [5, 5.41) is 2.95. The van der Waals surface area contributed by atoms with Crippen LogP contribution in [-0.2, 0) is 19.1 Å². The molecule has 0 aliphatic rings. The van der Waals surface area contributed by atoms with Gasteiger partial charge in [0.2, 0.25) is 0 Å². The Kier molecular flexibility index (Phi) is 7.85. The molecule has 1 amide bonds. The van der Waals surface area contributed by atoms with Gasteiger partial charge in [-0.25, -0.2) is 4.79 Å². The normalized spacial score (nSPS) is 11.5. The Balaban J connectivity index is 2.85. The lowest BCUT2D eigenvalue weighted by Gasteiger charge is -2.16. The largest absolute Gasteiger partial charge is 0.466 e. The molecule has 0 unspecified atom stereocenters. The monoisotopic (exact) mass is 361 g/mol. The summed E-state index contributed by atoms with van der Waals surface area (Å²) in [5.41, 5.74) is 0.206. The number of hydrogen-bond acceptors (Lipinski definition) is 5. The highest BCUT2D eigenvalue weighted by Gasteiger charge is 2.26. The van der Waals surface area contributed by atoms with Gasteiger partial charge in [0.15, 0.2) is 0 Å². The van der Waals surface area contributed by atoms with Crippen LogP contribution in [0.25, 0.3) is 0 Å². The fourth-order valence-electron chi connectivity index (χ4n) is 1.70. The van der Waals surface area contributed by atoms with E-state index in [1.165, 1.54) is 18.2 Å². The van der Waals surface area contributed by atoms with Crippen molar-refractivity contribution >= 4 is 41.0 Å². The zero-order valence-electron chi connectivity index (χ0n) is 12.7. The highest BCUT2D eigenvalue weighted by atomic mass is 35.5. The molecule has 126 valence electrons. The van der Waals surface area contributed by atoms with E-state index in [0.29, 0.717) is 5.02 Å². The number of ether oxygens (including phenoxy) is 2. The molecule has 0 bridgehead atoms. The van der Waals surface area contributed by atoms with E-state index in [1.807, 2.05) is 0 Å². The SMILES string of the molecule is CCOC(=O)C[C@H](NC(=O)c1ccc(Cl)c(Cl)c1)C(=O)OCC. The first-order valence-corrected chi connectivity index (χ1v) is 7.72. The molecule has 0 saturated carbocycles. The van der Waals surface area contributed by atoms with E-state index in [1.54, 1.807) is 13.8 Å². The van der Waals surface area contributed by atoms with Crippen molar-refractivity contribution in [1.82, 2.24) is 5.32 Å². The molecule has 1 N–H and O–H groups in total. The predicted octanol–water partition coefficient (Wildman–Crippen LogP) is 2.61. The number of rotatable bonds is 7. The van der Waals surface area contributed by atoms with Gasteiger partial charge in [-0.1, -0.05) is 23.2 Å². The van der Waals surface area contributed by atoms with Crippen LogP contribution in [-0.4, -0.2) is 37.1 Å². The topological polar surface area (TPSA) is 81.7 Å². The molecule has 1 rings (SSSR count). The molecule has 6 nitrogen and oxygen atoms in total. The van der Waals surface area contributed by atoms with Crippen LogP contribution >= 0.6 is 23.2 Å². The minimum atomic E-state index is -1.14. The third-order valence-corrected chi connectivity index (χ3v) is 3.47. The first-order chi connectivity index (χ1) is 10.9. The molecule has 0 aliphatic heterocycles. The molecule has 1 aromatic carbocycles. The van der Waals surface area contributed by atoms with Gasteiger partial charge in [0.05, 0.1) is 29.7 Å². The molecule has 1 aromatic rings. The van der Waals surface area contributed by atoms with Crippen LogP contribution in [0, 0.1) is 0 Å². The highest BCUT2D eigenvalue weighted by Crippen LogP contribution is 2.22. The molecule has 0 saturated heterocycles. The molecule has 0 aliphatic carbocycles. The lowest BCUT2D eigenvalue weighted by Crippen LogP contribution is -2.43. The van der Waals surface area contributed by atoms with Gasteiger partial charge in [-0.05, 0) is 32.0 Å². The van der Waals surface area contributed by atoms with Crippen LogP contribution < -0.4 is 5.32 Å². The standard InChI is InChI=1S/C15H17Cl2NO5/c1-3-22-13(19)8-12(15(21)23-4-2)18-14(20)9-5-6-10(16)11(17)7-9/h5-7,12H,3-4,8H2,1-2H3,(H,18,20)/t12-/m0/s1. The molecule has 1 atom stereocenters. The smallest absolute Gasteiger partial charge is 0.329 e. The molecule has 23 heavy (non-hydrogen) atoms. The van der Waals surface area contributed by atoms with E-state index < -0.39 is 23.9 Å².